The fourth-order valence-corrected chi connectivity index (χ4v) is 5.31. The van der Waals surface area contributed by atoms with Gasteiger partial charge in [-0.05, 0) is 5.19 Å². The lowest BCUT2D eigenvalue weighted by molar-refractivity contribution is 0.395. The smallest absolute Gasteiger partial charge is 0.141 e. The van der Waals surface area contributed by atoms with Crippen molar-refractivity contribution in [1.82, 2.24) is 0 Å². The summed E-state index contributed by atoms with van der Waals surface area (Å²) in [6, 6.07) is 1.72. The van der Waals surface area contributed by atoms with Gasteiger partial charge in [-0.25, -0.2) is 0 Å². The molecule has 0 amide bonds. The predicted octanol–water partition coefficient (Wildman–Crippen LogP) is 3.56. The Morgan fingerprint density at radius 3 is 1.56 bits per heavy atom. The zero-order valence-electron chi connectivity index (χ0n) is 10.1. The maximum absolute atomic E-state index is 6.30. The van der Waals surface area contributed by atoms with E-state index in [1.165, 1.54) is 0 Å². The van der Waals surface area contributed by atoms with E-state index in [4.69, 9.17) is 32.7 Å². The van der Waals surface area contributed by atoms with Crippen molar-refractivity contribution in [2.75, 3.05) is 14.2 Å². The molecule has 0 saturated heterocycles. The lowest BCUT2D eigenvalue weighted by atomic mass is 10.3. The Hall–Kier alpha value is -0.383. The summed E-state index contributed by atoms with van der Waals surface area (Å²) >= 11 is 12.6. The summed E-state index contributed by atoms with van der Waals surface area (Å²) in [5.74, 6) is 1.22. The van der Waals surface area contributed by atoms with Crippen molar-refractivity contribution < 1.29 is 9.47 Å². The highest BCUT2D eigenvalue weighted by molar-refractivity contribution is 6.91. The van der Waals surface area contributed by atoms with Crippen LogP contribution in [-0.4, -0.2) is 22.3 Å². The molecule has 2 nitrogen and oxygen atoms in total. The highest BCUT2D eigenvalue weighted by Gasteiger charge is 2.27. The van der Waals surface area contributed by atoms with Crippen LogP contribution in [0.4, 0.5) is 0 Å². The van der Waals surface area contributed by atoms with Gasteiger partial charge in [0.25, 0.3) is 0 Å². The summed E-state index contributed by atoms with van der Waals surface area (Å²) in [5, 5.41) is 2.19. The Labute approximate surface area is 107 Å². The molecule has 0 saturated carbocycles. The third kappa shape index (κ3) is 2.47. The molecular weight excluding hydrogens is 263 g/mol. The van der Waals surface area contributed by atoms with Gasteiger partial charge in [0.05, 0.1) is 32.3 Å². The molecule has 90 valence electrons. The maximum Gasteiger partial charge on any atom is 0.141 e. The summed E-state index contributed by atoms with van der Waals surface area (Å²) in [5.41, 5.74) is 0. The summed E-state index contributed by atoms with van der Waals surface area (Å²) < 4.78 is 10.5. The van der Waals surface area contributed by atoms with Crippen molar-refractivity contribution in [1.29, 1.82) is 0 Å². The molecule has 0 spiro atoms. The number of rotatable bonds is 3. The van der Waals surface area contributed by atoms with E-state index in [0.29, 0.717) is 21.5 Å². The van der Waals surface area contributed by atoms with Gasteiger partial charge in [0, 0.05) is 6.07 Å². The molecule has 1 rings (SSSR count). The van der Waals surface area contributed by atoms with Crippen LogP contribution in [0.3, 0.4) is 0 Å². The Morgan fingerprint density at radius 2 is 1.31 bits per heavy atom. The molecule has 0 aromatic heterocycles. The highest BCUT2D eigenvalue weighted by atomic mass is 35.5. The molecule has 1 aromatic carbocycles. The number of halogens is 2. The Morgan fingerprint density at radius 1 is 0.938 bits per heavy atom. The minimum absolute atomic E-state index is 0.604. The first-order valence-corrected chi connectivity index (χ1v) is 9.19. The van der Waals surface area contributed by atoms with Crippen LogP contribution >= 0.6 is 23.2 Å². The monoisotopic (exact) mass is 278 g/mol. The number of hydrogen-bond donors (Lipinski definition) is 0. The van der Waals surface area contributed by atoms with Crippen LogP contribution in [0.15, 0.2) is 6.07 Å². The first-order valence-electron chi connectivity index (χ1n) is 4.93. The molecule has 0 aliphatic rings. The van der Waals surface area contributed by atoms with Gasteiger partial charge in [-0.2, -0.15) is 0 Å². The van der Waals surface area contributed by atoms with E-state index in [2.05, 4.69) is 19.6 Å². The molecule has 0 heterocycles. The van der Waals surface area contributed by atoms with Crippen LogP contribution in [0.2, 0.25) is 29.7 Å². The average molecular weight is 279 g/mol. The summed E-state index contributed by atoms with van der Waals surface area (Å²) in [6.07, 6.45) is 0. The van der Waals surface area contributed by atoms with E-state index in [0.717, 1.165) is 5.19 Å². The molecule has 0 fully saturated rings. The fraction of sp³-hybridized carbons (Fsp3) is 0.455. The molecule has 0 unspecified atom stereocenters. The Kier molecular flexibility index (Phi) is 4.15. The largest absolute Gasteiger partial charge is 0.495 e. The normalized spacial score (nSPS) is 11.4. The van der Waals surface area contributed by atoms with Crippen LogP contribution in [0.5, 0.6) is 11.5 Å². The molecule has 0 N–H and O–H groups in total. The van der Waals surface area contributed by atoms with Gasteiger partial charge >= 0.3 is 0 Å². The van der Waals surface area contributed by atoms with E-state index in [-0.39, 0.29) is 0 Å². The van der Waals surface area contributed by atoms with E-state index in [1.807, 2.05) is 0 Å². The van der Waals surface area contributed by atoms with Gasteiger partial charge in [-0.3, -0.25) is 0 Å². The van der Waals surface area contributed by atoms with Gasteiger partial charge in [-0.1, -0.05) is 42.8 Å². The standard InChI is InChI=1S/C11H16Cl2O2Si/c1-14-7-6-8(15-2)10(13)11(9(7)12)16(3,4)5/h6H,1-5H3. The maximum atomic E-state index is 6.30. The molecule has 5 heteroatoms. The predicted molar refractivity (Wildman–Crippen MR) is 72.5 cm³/mol. The van der Waals surface area contributed by atoms with E-state index in [1.54, 1.807) is 20.3 Å². The molecule has 1 aromatic rings. The molecule has 16 heavy (non-hydrogen) atoms. The highest BCUT2D eigenvalue weighted by Crippen LogP contribution is 2.35. The minimum atomic E-state index is -1.64. The molecule has 0 aliphatic heterocycles. The van der Waals surface area contributed by atoms with Crippen molar-refractivity contribution in [3.63, 3.8) is 0 Å². The topological polar surface area (TPSA) is 18.5 Å². The Balaban J connectivity index is 3.56. The van der Waals surface area contributed by atoms with Gasteiger partial charge < -0.3 is 9.47 Å². The SMILES string of the molecule is COc1cc(OC)c(Cl)c([Si](C)(C)C)c1Cl. The van der Waals surface area contributed by atoms with Crippen LogP contribution in [0.1, 0.15) is 0 Å². The summed E-state index contributed by atoms with van der Waals surface area (Å²) in [7, 11) is 1.53. The van der Waals surface area contributed by atoms with Crippen molar-refractivity contribution >= 4 is 36.5 Å². The van der Waals surface area contributed by atoms with Gasteiger partial charge in [0.2, 0.25) is 0 Å². The number of benzene rings is 1. The molecule has 0 aliphatic carbocycles. The van der Waals surface area contributed by atoms with Crippen molar-refractivity contribution in [2.24, 2.45) is 0 Å². The van der Waals surface area contributed by atoms with E-state index in [9.17, 15) is 0 Å². The van der Waals surface area contributed by atoms with E-state index < -0.39 is 8.07 Å². The fourth-order valence-electron chi connectivity index (χ4n) is 1.54. The zero-order valence-corrected chi connectivity index (χ0v) is 12.7. The summed E-state index contributed by atoms with van der Waals surface area (Å²) in [4.78, 5) is 0. The lowest BCUT2D eigenvalue weighted by Gasteiger charge is -2.23. The second kappa shape index (κ2) is 4.86. The van der Waals surface area contributed by atoms with Crippen LogP contribution in [0, 0.1) is 0 Å². The second-order valence-corrected chi connectivity index (χ2v) is 10.3. The van der Waals surface area contributed by atoms with Crippen molar-refractivity contribution in [2.45, 2.75) is 19.6 Å². The van der Waals surface area contributed by atoms with Crippen molar-refractivity contribution in [3.05, 3.63) is 16.1 Å². The first kappa shape index (κ1) is 13.7. The molecule has 0 bridgehead atoms. The quantitative estimate of drug-likeness (QED) is 0.788. The Bertz CT molecular complexity index is 372. The number of ether oxygens (including phenoxy) is 2. The molecule has 0 atom stereocenters. The zero-order chi connectivity index (χ0) is 12.5. The van der Waals surface area contributed by atoms with E-state index >= 15 is 0 Å². The molecular formula is C11H16Cl2O2Si. The average Bonchev–Trinajstić information content (AvgIpc) is 2.16. The second-order valence-electron chi connectivity index (χ2n) is 4.53. The lowest BCUT2D eigenvalue weighted by Crippen LogP contribution is -2.39. The van der Waals surface area contributed by atoms with Gasteiger partial charge in [0.1, 0.15) is 11.5 Å². The minimum Gasteiger partial charge on any atom is -0.495 e. The van der Waals surface area contributed by atoms with Crippen LogP contribution in [0.25, 0.3) is 0 Å². The van der Waals surface area contributed by atoms with Crippen molar-refractivity contribution in [3.8, 4) is 11.5 Å². The van der Waals surface area contributed by atoms with Gasteiger partial charge in [-0.15, -0.1) is 0 Å². The third-order valence-electron chi connectivity index (χ3n) is 2.32. The first-order chi connectivity index (χ1) is 7.32. The number of hydrogen-bond acceptors (Lipinski definition) is 2. The van der Waals surface area contributed by atoms with Crippen LogP contribution < -0.4 is 14.7 Å². The van der Waals surface area contributed by atoms with Gasteiger partial charge in [0.15, 0.2) is 0 Å². The molecule has 0 radical (unpaired) electrons. The van der Waals surface area contributed by atoms with Crippen LogP contribution in [-0.2, 0) is 0 Å². The number of methoxy groups -OCH3 is 2. The third-order valence-corrected chi connectivity index (χ3v) is 5.39. The summed E-state index contributed by atoms with van der Waals surface area (Å²) in [6.45, 7) is 6.54.